The van der Waals surface area contributed by atoms with Crippen LogP contribution in [0.25, 0.3) is 0 Å². The molecule has 0 radical (unpaired) electrons. The van der Waals surface area contributed by atoms with Crippen LogP contribution in [0.2, 0.25) is 0 Å². The Morgan fingerprint density at radius 2 is 1.82 bits per heavy atom. The van der Waals surface area contributed by atoms with Gasteiger partial charge < -0.3 is 0 Å². The molecule has 0 spiro atoms. The Labute approximate surface area is 139 Å². The van der Waals surface area contributed by atoms with Crippen LogP contribution in [0, 0.1) is 11.8 Å². The molecule has 0 saturated heterocycles. The number of Topliss-reactive ketones (excluding diaryl/α,β-unsaturated/α-hetero) is 1. The minimum atomic E-state index is -3.49. The number of rotatable bonds is 10. The van der Waals surface area contributed by atoms with E-state index in [0.29, 0.717) is 6.42 Å². The van der Waals surface area contributed by atoms with E-state index < -0.39 is 21.3 Å². The molecule has 1 aliphatic rings. The fraction of sp³-hybridized carbons (Fsp3) is 0.938. The number of hydrogen-bond acceptors (Lipinski definition) is 4. The monoisotopic (exact) mass is 351 g/mol. The van der Waals surface area contributed by atoms with Crippen LogP contribution in [-0.2, 0) is 29.7 Å². The van der Waals surface area contributed by atoms with Gasteiger partial charge >= 0.3 is 10.1 Å². The summed E-state index contributed by atoms with van der Waals surface area (Å²) in [5, 5.41) is 0. The second-order valence-corrected chi connectivity index (χ2v) is 10.2. The molecule has 1 fully saturated rings. The highest BCUT2D eigenvalue weighted by atomic mass is 32.3. The molecule has 4 nitrogen and oxygen atoms in total. The summed E-state index contributed by atoms with van der Waals surface area (Å²) < 4.78 is 29.0. The zero-order chi connectivity index (χ0) is 16.6. The lowest BCUT2D eigenvalue weighted by atomic mass is 9.86. The lowest BCUT2D eigenvalue weighted by Gasteiger charge is -2.21. The minimum Gasteiger partial charge on any atom is -0.294 e. The van der Waals surface area contributed by atoms with Crippen molar-refractivity contribution in [3.8, 4) is 0 Å². The molecule has 0 aromatic rings. The van der Waals surface area contributed by atoms with Crippen molar-refractivity contribution in [2.24, 2.45) is 11.8 Å². The highest BCUT2D eigenvalue weighted by molar-refractivity contribution is 8.02. The lowest BCUT2D eigenvalue weighted by Crippen LogP contribution is -2.25. The van der Waals surface area contributed by atoms with Gasteiger partial charge in [0.2, 0.25) is 0 Å². The molecule has 0 aliphatic heterocycles. The number of ketones is 1. The average molecular weight is 352 g/mol. The topological polar surface area (TPSA) is 60.4 Å². The molecule has 0 N–H and O–H groups in total. The first-order chi connectivity index (χ1) is 10.3. The van der Waals surface area contributed by atoms with Gasteiger partial charge in [0.05, 0.1) is 5.75 Å². The molecule has 0 aromatic carbocycles. The molecule has 22 heavy (non-hydrogen) atoms. The number of carbonyl (C=O) groups excluding carboxylic acids is 1. The molecule has 1 saturated carbocycles. The Balaban J connectivity index is 2.21. The minimum absolute atomic E-state index is 0.0540. The predicted octanol–water partition coefficient (Wildman–Crippen LogP) is 3.47. The van der Waals surface area contributed by atoms with Crippen LogP contribution in [0.3, 0.4) is 0 Å². The van der Waals surface area contributed by atoms with E-state index in [4.69, 9.17) is 3.63 Å². The Kier molecular flexibility index (Phi) is 9.02. The van der Waals surface area contributed by atoms with Crippen LogP contribution in [0.15, 0.2) is 0 Å². The molecule has 0 aromatic heterocycles. The molecule has 1 atom stereocenters. The molecular formula is C16H31O4S2+. The SMILES string of the molecule is CC(C)C(=O)C[S+](C)OS(=O)(=O)CCCCC1CCCCC1. The first-order valence-electron chi connectivity index (χ1n) is 8.38. The number of hydrogen-bond donors (Lipinski definition) is 0. The van der Waals surface area contributed by atoms with Crippen molar-refractivity contribution in [3.63, 3.8) is 0 Å². The third kappa shape index (κ3) is 8.53. The van der Waals surface area contributed by atoms with Crippen molar-refractivity contribution in [2.75, 3.05) is 17.8 Å². The van der Waals surface area contributed by atoms with Gasteiger partial charge in [-0.1, -0.05) is 58.8 Å². The molecule has 0 bridgehead atoms. The fourth-order valence-electron chi connectivity index (χ4n) is 2.79. The van der Waals surface area contributed by atoms with Gasteiger partial charge in [0.25, 0.3) is 0 Å². The molecule has 1 unspecified atom stereocenters. The van der Waals surface area contributed by atoms with E-state index in [9.17, 15) is 13.2 Å². The van der Waals surface area contributed by atoms with Gasteiger partial charge in [-0.3, -0.25) is 4.79 Å². The van der Waals surface area contributed by atoms with E-state index in [1.54, 1.807) is 6.26 Å². The van der Waals surface area contributed by atoms with E-state index in [2.05, 4.69) is 0 Å². The maximum atomic E-state index is 11.9. The third-order valence-electron chi connectivity index (χ3n) is 4.19. The molecule has 6 heteroatoms. The van der Waals surface area contributed by atoms with Gasteiger partial charge in [-0.15, -0.1) is 0 Å². The maximum absolute atomic E-state index is 11.9. The lowest BCUT2D eigenvalue weighted by molar-refractivity contribution is -0.119. The van der Waals surface area contributed by atoms with E-state index in [0.717, 1.165) is 18.8 Å². The van der Waals surface area contributed by atoms with Crippen molar-refractivity contribution in [1.29, 1.82) is 0 Å². The standard InChI is InChI=1S/C16H31O4S2/c1-14(2)16(17)13-21(3)20-22(18,19)12-8-7-11-15-9-5-4-6-10-15/h14-15H,4-13H2,1-3H3/q+1. The number of unbranched alkanes of at least 4 members (excludes halogenated alkanes) is 1. The van der Waals surface area contributed by atoms with Gasteiger partial charge in [-0.25, -0.2) is 0 Å². The summed E-state index contributed by atoms with van der Waals surface area (Å²) >= 11 is -0.837. The van der Waals surface area contributed by atoms with E-state index >= 15 is 0 Å². The summed E-state index contributed by atoms with van der Waals surface area (Å²) in [5.74, 6) is 1.04. The van der Waals surface area contributed by atoms with Crippen LogP contribution in [0.1, 0.15) is 65.2 Å². The quantitative estimate of drug-likeness (QED) is 0.447. The normalized spacial score (nSPS) is 18.5. The van der Waals surface area contributed by atoms with Crippen molar-refractivity contribution >= 4 is 27.1 Å². The highest BCUT2D eigenvalue weighted by Crippen LogP contribution is 2.27. The summed E-state index contributed by atoms with van der Waals surface area (Å²) in [7, 11) is -3.49. The second-order valence-electron chi connectivity index (χ2n) is 6.67. The van der Waals surface area contributed by atoms with Crippen LogP contribution in [0.5, 0.6) is 0 Å². The molecule has 0 heterocycles. The summed E-state index contributed by atoms with van der Waals surface area (Å²) in [6, 6.07) is 0. The van der Waals surface area contributed by atoms with Gasteiger partial charge in [-0.05, 0) is 16.0 Å². The summed E-state index contributed by atoms with van der Waals surface area (Å²) in [4.78, 5) is 11.6. The largest absolute Gasteiger partial charge is 0.311 e. The van der Waals surface area contributed by atoms with E-state index in [1.807, 2.05) is 13.8 Å². The molecule has 130 valence electrons. The zero-order valence-electron chi connectivity index (χ0n) is 14.2. The van der Waals surface area contributed by atoms with Crippen molar-refractivity contribution in [3.05, 3.63) is 0 Å². The molecule has 1 rings (SSSR count). The average Bonchev–Trinajstić information content (AvgIpc) is 2.44. The van der Waals surface area contributed by atoms with E-state index in [1.165, 1.54) is 32.1 Å². The van der Waals surface area contributed by atoms with Crippen LogP contribution in [0.4, 0.5) is 0 Å². The molecule has 1 aliphatic carbocycles. The zero-order valence-corrected chi connectivity index (χ0v) is 15.8. The molecule has 0 amide bonds. The Morgan fingerprint density at radius 1 is 1.18 bits per heavy atom. The van der Waals surface area contributed by atoms with Gasteiger partial charge in [0.1, 0.15) is 6.26 Å². The summed E-state index contributed by atoms with van der Waals surface area (Å²) in [6.07, 6.45) is 11.1. The summed E-state index contributed by atoms with van der Waals surface area (Å²) in [5.41, 5.74) is 0. The number of carbonyl (C=O) groups is 1. The maximum Gasteiger partial charge on any atom is 0.311 e. The van der Waals surface area contributed by atoms with Crippen LogP contribution in [-0.4, -0.2) is 32.0 Å². The smallest absolute Gasteiger partial charge is 0.294 e. The first-order valence-corrected chi connectivity index (χ1v) is 11.7. The van der Waals surface area contributed by atoms with Crippen LogP contribution >= 0.6 is 0 Å². The van der Waals surface area contributed by atoms with Gasteiger partial charge in [0.15, 0.2) is 22.7 Å². The van der Waals surface area contributed by atoms with Gasteiger partial charge in [0, 0.05) is 5.92 Å². The molecular weight excluding hydrogens is 320 g/mol. The van der Waals surface area contributed by atoms with Crippen LogP contribution < -0.4 is 0 Å². The Morgan fingerprint density at radius 3 is 2.41 bits per heavy atom. The first kappa shape index (κ1) is 20.0. The van der Waals surface area contributed by atoms with E-state index in [-0.39, 0.29) is 23.2 Å². The third-order valence-corrected chi connectivity index (χ3v) is 7.43. The summed E-state index contributed by atoms with van der Waals surface area (Å²) in [6.45, 7) is 3.64. The highest BCUT2D eigenvalue weighted by Gasteiger charge is 2.28. The van der Waals surface area contributed by atoms with Gasteiger partial charge in [-0.2, -0.15) is 8.42 Å². The predicted molar refractivity (Wildman–Crippen MR) is 93.3 cm³/mol. The second kappa shape index (κ2) is 9.93. The van der Waals surface area contributed by atoms with Crippen molar-refractivity contribution in [1.82, 2.24) is 0 Å². The van der Waals surface area contributed by atoms with Crippen molar-refractivity contribution < 1.29 is 16.8 Å². The van der Waals surface area contributed by atoms with Crippen molar-refractivity contribution in [2.45, 2.75) is 65.2 Å². The Bertz CT molecular complexity index is 425. The fourth-order valence-corrected chi connectivity index (χ4v) is 5.96. The Hall–Kier alpha value is -0.0700.